The van der Waals surface area contributed by atoms with Crippen LogP contribution in [0.2, 0.25) is 0 Å². The van der Waals surface area contributed by atoms with Gasteiger partial charge in [-0.15, -0.1) is 5.11 Å². The molecule has 0 aliphatic carbocycles. The highest BCUT2D eigenvalue weighted by molar-refractivity contribution is 6.21. The minimum Gasteiger partial charge on any atom is -0.299 e. The van der Waals surface area contributed by atoms with Crippen LogP contribution in [0.15, 0.2) is 10.2 Å². The summed E-state index contributed by atoms with van der Waals surface area (Å²) < 4.78 is 0. The average molecular weight is 120 g/mol. The maximum absolute atomic E-state index is 10.00. The van der Waals surface area contributed by atoms with Crippen LogP contribution >= 0.6 is 11.6 Å². The third kappa shape index (κ3) is 0.866. The molecule has 4 nitrogen and oxygen atoms in total. The van der Waals surface area contributed by atoms with Crippen LogP contribution in [0.1, 0.15) is 0 Å². The molecule has 2 amide bonds. The van der Waals surface area contributed by atoms with Crippen molar-refractivity contribution in [3.63, 3.8) is 0 Å². The summed E-state index contributed by atoms with van der Waals surface area (Å²) in [5.74, 6) is 0. The van der Waals surface area contributed by atoms with Gasteiger partial charge in [-0.2, -0.15) is 0 Å². The minimum atomic E-state index is -0.646. The average Bonchev–Trinajstić information content (AvgIpc) is 1.87. The number of azo groups is 1. The van der Waals surface area contributed by atoms with Gasteiger partial charge >= 0.3 is 6.03 Å². The Morgan fingerprint density at radius 2 is 2.57 bits per heavy atom. The Balaban J connectivity index is 2.58. The minimum absolute atomic E-state index is 0.472. The summed E-state index contributed by atoms with van der Waals surface area (Å²) in [4.78, 5) is 10.00. The molecule has 1 unspecified atom stereocenters. The molecule has 5 heteroatoms. The number of alkyl halides is 1. The first-order chi connectivity index (χ1) is 3.29. The van der Waals surface area contributed by atoms with Gasteiger partial charge in [-0.25, -0.2) is 4.79 Å². The van der Waals surface area contributed by atoms with Crippen LogP contribution in [-0.4, -0.2) is 11.7 Å². The molecule has 1 atom stereocenters. The molecule has 0 aromatic carbocycles. The number of rotatable bonds is 0. The van der Waals surface area contributed by atoms with E-state index in [0.717, 1.165) is 0 Å². The van der Waals surface area contributed by atoms with E-state index in [2.05, 4.69) is 15.5 Å². The van der Waals surface area contributed by atoms with Crippen LogP contribution in [0.25, 0.3) is 0 Å². The summed E-state index contributed by atoms with van der Waals surface area (Å²) in [5, 5.41) is 8.52. The number of halogens is 1. The molecule has 0 bridgehead atoms. The van der Waals surface area contributed by atoms with Crippen molar-refractivity contribution in [1.82, 2.24) is 5.32 Å². The van der Waals surface area contributed by atoms with Crippen molar-refractivity contribution < 1.29 is 4.79 Å². The van der Waals surface area contributed by atoms with E-state index >= 15 is 0 Å². The van der Waals surface area contributed by atoms with E-state index in [-0.39, 0.29) is 0 Å². The molecule has 1 aliphatic rings. The third-order valence-electron chi connectivity index (χ3n) is 0.493. The van der Waals surface area contributed by atoms with Gasteiger partial charge in [0.2, 0.25) is 5.62 Å². The van der Waals surface area contributed by atoms with Gasteiger partial charge in [0.05, 0.1) is 0 Å². The zero-order valence-electron chi connectivity index (χ0n) is 3.26. The Morgan fingerprint density at radius 3 is 2.71 bits per heavy atom. The number of amides is 2. The standard InChI is InChI=1S/C2H2ClN3O/c3-1-4-2(7)6-5-1/h1H,(H,4,7). The molecule has 0 aromatic heterocycles. The highest BCUT2D eigenvalue weighted by atomic mass is 35.5. The molecule has 1 N–H and O–H groups in total. The predicted molar refractivity (Wildman–Crippen MR) is 23.0 cm³/mol. The monoisotopic (exact) mass is 119 g/mol. The zero-order valence-corrected chi connectivity index (χ0v) is 4.01. The quantitative estimate of drug-likeness (QED) is 0.370. The van der Waals surface area contributed by atoms with Crippen molar-refractivity contribution in [2.24, 2.45) is 10.2 Å². The summed E-state index contributed by atoms with van der Waals surface area (Å²) in [6, 6.07) is -0.472. The highest BCUT2D eigenvalue weighted by Gasteiger charge is 2.12. The molecular formula is C2H2ClN3O. The van der Waals surface area contributed by atoms with Gasteiger partial charge in [-0.3, -0.25) is 5.32 Å². The van der Waals surface area contributed by atoms with Gasteiger partial charge in [0.1, 0.15) is 0 Å². The van der Waals surface area contributed by atoms with E-state index in [9.17, 15) is 4.79 Å². The predicted octanol–water partition coefficient (Wildman–Crippen LogP) is 0.684. The second kappa shape index (κ2) is 1.46. The van der Waals surface area contributed by atoms with Gasteiger partial charge in [-0.1, -0.05) is 16.7 Å². The second-order valence-electron chi connectivity index (χ2n) is 1.00. The van der Waals surface area contributed by atoms with Crippen molar-refractivity contribution in [3.8, 4) is 0 Å². The lowest BCUT2D eigenvalue weighted by Crippen LogP contribution is -2.19. The summed E-state index contributed by atoms with van der Waals surface area (Å²) in [5.41, 5.74) is -0.646. The fraction of sp³-hybridized carbons (Fsp3) is 0.500. The first-order valence-electron chi connectivity index (χ1n) is 1.64. The van der Waals surface area contributed by atoms with Crippen molar-refractivity contribution >= 4 is 17.6 Å². The van der Waals surface area contributed by atoms with Crippen molar-refractivity contribution in [3.05, 3.63) is 0 Å². The molecule has 0 saturated carbocycles. The lowest BCUT2D eigenvalue weighted by Gasteiger charge is -1.87. The molecule has 0 fully saturated rings. The number of nitrogens with one attached hydrogen (secondary N) is 1. The highest BCUT2D eigenvalue weighted by Crippen LogP contribution is 2.00. The smallest absolute Gasteiger partial charge is 0.299 e. The third-order valence-corrected chi connectivity index (χ3v) is 0.689. The van der Waals surface area contributed by atoms with E-state index in [1.54, 1.807) is 0 Å². The Kier molecular flexibility index (Phi) is 0.941. The molecular weight excluding hydrogens is 117 g/mol. The number of urea groups is 1. The molecule has 38 valence electrons. The number of hydrogen-bond acceptors (Lipinski definition) is 2. The summed E-state index contributed by atoms with van der Waals surface area (Å²) in [6.07, 6.45) is 0. The normalized spacial score (nSPS) is 28.1. The molecule has 0 radical (unpaired) electrons. The lowest BCUT2D eigenvalue weighted by molar-refractivity contribution is 0.251. The fourth-order valence-electron chi connectivity index (χ4n) is 0.263. The topological polar surface area (TPSA) is 53.8 Å². The molecule has 0 spiro atoms. The Bertz CT molecular complexity index is 122. The van der Waals surface area contributed by atoms with Crippen LogP contribution in [0.5, 0.6) is 0 Å². The second-order valence-corrected chi connectivity index (χ2v) is 1.41. The van der Waals surface area contributed by atoms with Crippen LogP contribution < -0.4 is 5.32 Å². The van der Waals surface area contributed by atoms with Gasteiger partial charge in [0.15, 0.2) is 0 Å². The molecule has 1 rings (SSSR count). The van der Waals surface area contributed by atoms with Crippen LogP contribution in [-0.2, 0) is 0 Å². The molecule has 0 saturated heterocycles. The van der Waals surface area contributed by atoms with Gasteiger partial charge in [-0.05, 0) is 0 Å². The SMILES string of the molecule is O=C1N=NC(Cl)N1. The van der Waals surface area contributed by atoms with E-state index in [4.69, 9.17) is 11.6 Å². The van der Waals surface area contributed by atoms with Gasteiger partial charge in [0.25, 0.3) is 0 Å². The number of carbonyl (C=O) groups is 1. The fourth-order valence-corrected chi connectivity index (χ4v) is 0.400. The van der Waals surface area contributed by atoms with E-state index in [1.807, 2.05) is 0 Å². The summed E-state index contributed by atoms with van der Waals surface area (Å²) in [6.45, 7) is 0. The summed E-state index contributed by atoms with van der Waals surface area (Å²) >= 11 is 5.21. The van der Waals surface area contributed by atoms with Crippen LogP contribution in [0, 0.1) is 0 Å². The maximum Gasteiger partial charge on any atom is 0.362 e. The van der Waals surface area contributed by atoms with Gasteiger partial charge in [0, 0.05) is 0 Å². The largest absolute Gasteiger partial charge is 0.362 e. The number of hydrogen-bond donors (Lipinski definition) is 1. The van der Waals surface area contributed by atoms with Crippen molar-refractivity contribution in [2.75, 3.05) is 0 Å². The zero-order chi connectivity index (χ0) is 5.28. The Labute approximate surface area is 44.6 Å². The van der Waals surface area contributed by atoms with Crippen molar-refractivity contribution in [1.29, 1.82) is 0 Å². The van der Waals surface area contributed by atoms with E-state index in [0.29, 0.717) is 0 Å². The lowest BCUT2D eigenvalue weighted by atomic mass is 11.0. The Hall–Kier alpha value is -0.640. The first kappa shape index (κ1) is 4.52. The summed E-state index contributed by atoms with van der Waals surface area (Å²) in [7, 11) is 0. The maximum atomic E-state index is 10.00. The first-order valence-corrected chi connectivity index (χ1v) is 2.08. The van der Waals surface area contributed by atoms with Crippen molar-refractivity contribution in [2.45, 2.75) is 5.62 Å². The Morgan fingerprint density at radius 1 is 1.86 bits per heavy atom. The molecule has 1 aliphatic heterocycles. The molecule has 7 heavy (non-hydrogen) atoms. The number of nitrogens with zero attached hydrogens (tertiary/aromatic N) is 2. The molecule has 0 aromatic rings. The van der Waals surface area contributed by atoms with Crippen LogP contribution in [0.3, 0.4) is 0 Å². The van der Waals surface area contributed by atoms with E-state index < -0.39 is 11.7 Å². The molecule has 1 heterocycles. The number of carbonyl (C=O) groups excluding carboxylic acids is 1. The van der Waals surface area contributed by atoms with Crippen LogP contribution in [0.4, 0.5) is 4.79 Å². The van der Waals surface area contributed by atoms with E-state index in [1.165, 1.54) is 0 Å². The van der Waals surface area contributed by atoms with Gasteiger partial charge < -0.3 is 0 Å².